The summed E-state index contributed by atoms with van der Waals surface area (Å²) in [6, 6.07) is 3.89. The quantitative estimate of drug-likeness (QED) is 0.181. The Morgan fingerprint density at radius 2 is 1.69 bits per heavy atom. The van der Waals surface area contributed by atoms with E-state index in [2.05, 4.69) is 14.7 Å². The monoisotopic (exact) mass is 695 g/mol. The van der Waals surface area contributed by atoms with Gasteiger partial charge in [0.1, 0.15) is 17.6 Å². The number of amides is 1. The molecule has 1 aromatic heterocycles. The van der Waals surface area contributed by atoms with Crippen molar-refractivity contribution in [3.05, 3.63) is 81.9 Å². The molecule has 1 aliphatic carbocycles. The summed E-state index contributed by atoms with van der Waals surface area (Å²) in [5, 5.41) is 0. The molecule has 1 saturated heterocycles. The fraction of sp³-hybridized carbons (Fsp3) is 0.412. The number of carbonyl (C=O) groups excluding carboxylic acids is 2. The number of cyclic esters (lactones) is 1. The molecule has 2 heterocycles. The Hall–Kier alpha value is -4.69. The number of rotatable bonds is 7. The minimum absolute atomic E-state index is 0.00579. The summed E-state index contributed by atoms with van der Waals surface area (Å²) in [7, 11) is 2.57. The highest BCUT2D eigenvalue weighted by atomic mass is 19.4. The van der Waals surface area contributed by atoms with Gasteiger partial charge in [0, 0.05) is 6.54 Å². The third-order valence-electron chi connectivity index (χ3n) is 8.75. The molecule has 0 spiro atoms. The molecule has 262 valence electrons. The van der Waals surface area contributed by atoms with Gasteiger partial charge in [0.25, 0.3) is 0 Å². The van der Waals surface area contributed by atoms with Crippen molar-refractivity contribution >= 4 is 17.6 Å². The highest BCUT2D eigenvalue weighted by Gasteiger charge is 2.44. The van der Waals surface area contributed by atoms with Crippen LogP contribution in [0, 0.1) is 11.2 Å². The van der Waals surface area contributed by atoms with Crippen LogP contribution in [0.4, 0.5) is 35.5 Å². The Labute approximate surface area is 276 Å². The second-order valence-corrected chi connectivity index (χ2v) is 12.7. The number of benzene rings is 2. The van der Waals surface area contributed by atoms with Crippen molar-refractivity contribution in [3.8, 4) is 17.1 Å². The Kier molecular flexibility index (Phi) is 9.43. The smallest absolute Gasteiger partial charge is 0.416 e. The predicted molar refractivity (Wildman–Crippen MR) is 162 cm³/mol. The van der Waals surface area contributed by atoms with E-state index in [4.69, 9.17) is 9.47 Å². The average molecular weight is 696 g/mol. The topological polar surface area (TPSA) is 90.9 Å². The lowest BCUT2D eigenvalue weighted by atomic mass is 9.73. The lowest BCUT2D eigenvalue weighted by molar-refractivity contribution is -0.143. The normalized spacial score (nSPS) is 19.6. The van der Waals surface area contributed by atoms with Crippen LogP contribution in [0.25, 0.3) is 17.0 Å². The molecule has 0 radical (unpaired) electrons. The molecule has 49 heavy (non-hydrogen) atoms. The number of carbonyl (C=O) groups is 2. The van der Waals surface area contributed by atoms with Gasteiger partial charge in [-0.15, -0.1) is 0 Å². The highest BCUT2D eigenvalue weighted by molar-refractivity contribution is 5.90. The lowest BCUT2D eigenvalue weighted by Gasteiger charge is -2.35. The molecule has 1 fully saturated rings. The summed E-state index contributed by atoms with van der Waals surface area (Å²) in [6.07, 6.45) is -9.55. The van der Waals surface area contributed by atoms with Crippen molar-refractivity contribution in [2.75, 3.05) is 20.8 Å². The zero-order valence-electron chi connectivity index (χ0n) is 27.1. The van der Waals surface area contributed by atoms with Crippen molar-refractivity contribution in [1.29, 1.82) is 0 Å². The second-order valence-electron chi connectivity index (χ2n) is 12.7. The first-order valence-corrected chi connectivity index (χ1v) is 15.1. The number of ether oxygens (including phenoxy) is 3. The molecule has 1 amide bonds. The molecule has 1 unspecified atom stereocenters. The zero-order valence-corrected chi connectivity index (χ0v) is 27.1. The maximum Gasteiger partial charge on any atom is 0.416 e. The van der Waals surface area contributed by atoms with Crippen LogP contribution in [0.1, 0.15) is 78.9 Å². The molecule has 0 bridgehead atoms. The number of esters is 1. The minimum atomic E-state index is -5.07. The molecule has 8 nitrogen and oxygen atoms in total. The van der Waals surface area contributed by atoms with Crippen LogP contribution in [-0.2, 0) is 21.8 Å². The summed E-state index contributed by atoms with van der Waals surface area (Å²) >= 11 is 0. The fourth-order valence-electron chi connectivity index (χ4n) is 6.17. The zero-order chi connectivity index (χ0) is 36.1. The van der Waals surface area contributed by atoms with E-state index >= 15 is 4.39 Å². The number of halogens is 7. The Morgan fingerprint density at radius 3 is 2.27 bits per heavy atom. The fourth-order valence-corrected chi connectivity index (χ4v) is 6.17. The van der Waals surface area contributed by atoms with Crippen LogP contribution < -0.4 is 4.74 Å². The summed E-state index contributed by atoms with van der Waals surface area (Å²) in [5.41, 5.74) is -2.06. The first kappa shape index (κ1) is 35.6. The molecule has 2 aromatic carbocycles. The van der Waals surface area contributed by atoms with Gasteiger partial charge in [-0.3, -0.25) is 4.90 Å². The van der Waals surface area contributed by atoms with Gasteiger partial charge in [0.2, 0.25) is 0 Å². The Balaban J connectivity index is 1.54. The molecule has 5 rings (SSSR count). The van der Waals surface area contributed by atoms with Crippen LogP contribution >= 0.6 is 0 Å². The third-order valence-corrected chi connectivity index (χ3v) is 8.75. The predicted octanol–water partition coefficient (Wildman–Crippen LogP) is 8.66. The minimum Gasteiger partial charge on any atom is -0.493 e. The van der Waals surface area contributed by atoms with Crippen LogP contribution in [-0.4, -0.2) is 53.7 Å². The van der Waals surface area contributed by atoms with Crippen molar-refractivity contribution in [2.45, 2.75) is 64.5 Å². The molecule has 0 N–H and O–H groups in total. The van der Waals surface area contributed by atoms with Gasteiger partial charge in [0.05, 0.1) is 48.7 Å². The van der Waals surface area contributed by atoms with Crippen molar-refractivity contribution < 1.29 is 54.5 Å². The van der Waals surface area contributed by atoms with Crippen molar-refractivity contribution in [3.63, 3.8) is 0 Å². The molecule has 2 atom stereocenters. The molecule has 15 heteroatoms. The van der Waals surface area contributed by atoms with Gasteiger partial charge >= 0.3 is 24.4 Å². The molecule has 1 aliphatic heterocycles. The van der Waals surface area contributed by atoms with E-state index in [0.29, 0.717) is 48.2 Å². The van der Waals surface area contributed by atoms with Crippen LogP contribution in [0.3, 0.4) is 0 Å². The Morgan fingerprint density at radius 1 is 1.04 bits per heavy atom. The average Bonchev–Trinajstić information content (AvgIpc) is 3.31. The number of allylic oxidation sites excluding steroid dienone is 1. The van der Waals surface area contributed by atoms with E-state index in [1.54, 1.807) is 0 Å². The third kappa shape index (κ3) is 7.35. The summed E-state index contributed by atoms with van der Waals surface area (Å²) in [5.74, 6) is -1.27. The van der Waals surface area contributed by atoms with Gasteiger partial charge in [-0.1, -0.05) is 13.8 Å². The number of nitrogens with zero attached hydrogens (tertiary/aromatic N) is 3. The Bertz CT molecular complexity index is 1790. The maximum absolute atomic E-state index is 15.2. The van der Waals surface area contributed by atoms with E-state index < -0.39 is 59.1 Å². The van der Waals surface area contributed by atoms with Crippen LogP contribution in [0.2, 0.25) is 0 Å². The number of methoxy groups -OCH3 is 2. The van der Waals surface area contributed by atoms with E-state index in [-0.39, 0.29) is 40.7 Å². The van der Waals surface area contributed by atoms with Crippen LogP contribution in [0.15, 0.2) is 48.2 Å². The van der Waals surface area contributed by atoms with E-state index in [9.17, 15) is 35.9 Å². The van der Waals surface area contributed by atoms with E-state index in [0.717, 1.165) is 6.07 Å². The molecular weight excluding hydrogens is 663 g/mol. The second kappa shape index (κ2) is 13.0. The summed E-state index contributed by atoms with van der Waals surface area (Å²) in [4.78, 5) is 35.2. The van der Waals surface area contributed by atoms with E-state index in [1.807, 2.05) is 13.8 Å². The van der Waals surface area contributed by atoms with Gasteiger partial charge in [-0.25, -0.2) is 23.9 Å². The largest absolute Gasteiger partial charge is 0.493 e. The van der Waals surface area contributed by atoms with Gasteiger partial charge in [-0.05, 0) is 84.7 Å². The number of alkyl halides is 6. The van der Waals surface area contributed by atoms with Crippen LogP contribution in [0.5, 0.6) is 5.75 Å². The molecule has 2 aliphatic rings. The number of aromatic nitrogens is 2. The van der Waals surface area contributed by atoms with Gasteiger partial charge in [0.15, 0.2) is 11.6 Å². The van der Waals surface area contributed by atoms with Gasteiger partial charge in [-0.2, -0.15) is 26.3 Å². The molecule has 0 saturated carbocycles. The van der Waals surface area contributed by atoms with E-state index in [1.165, 1.54) is 44.4 Å². The highest BCUT2D eigenvalue weighted by Crippen LogP contribution is 2.46. The molecule has 3 aromatic rings. The standard InChI is InChI=1S/C34H32F7N3O5/c1-17-28(19-10-21(33(36,37)38)13-22(11-19)34(39,40)41)49-31(46)44(17)16-20-14-32(2,3)9-8-23(20)27-26(47-4)15-42-29(43-27)24-7-6-18(12-25(24)35)30(45)48-5/h6-7,10-13,15,17,28H,8-9,14,16H2,1-5H3/t17-,28?/m0/s1. The lowest BCUT2D eigenvalue weighted by Crippen LogP contribution is -2.35. The number of hydrogen-bond donors (Lipinski definition) is 0. The van der Waals surface area contributed by atoms with Crippen molar-refractivity contribution in [1.82, 2.24) is 14.9 Å². The SMILES string of the molecule is COC(=O)c1ccc(-c2ncc(OC)c(C3=C(CN4C(=O)OC(c5cc(C(F)(F)F)cc(C(F)(F)F)c5)[C@@H]4C)CC(C)(C)CC3)n2)c(F)c1. The molecular formula is C34H32F7N3O5. The summed E-state index contributed by atoms with van der Waals surface area (Å²) < 4.78 is 112. The van der Waals surface area contributed by atoms with Gasteiger partial charge < -0.3 is 14.2 Å². The number of hydrogen-bond acceptors (Lipinski definition) is 7. The maximum atomic E-state index is 15.2. The van der Waals surface area contributed by atoms with Crippen molar-refractivity contribution in [2.24, 2.45) is 5.41 Å². The summed E-state index contributed by atoms with van der Waals surface area (Å²) in [6.45, 7) is 5.44. The first-order valence-electron chi connectivity index (χ1n) is 15.1. The first-order chi connectivity index (χ1) is 22.8.